The van der Waals surface area contributed by atoms with Gasteiger partial charge in [0.15, 0.2) is 6.23 Å². The highest BCUT2D eigenvalue weighted by molar-refractivity contribution is 5.80. The highest BCUT2D eigenvalue weighted by Gasteiger charge is 2.16. The van der Waals surface area contributed by atoms with Crippen molar-refractivity contribution in [1.29, 1.82) is 0 Å². The van der Waals surface area contributed by atoms with E-state index in [1.54, 1.807) is 0 Å². The van der Waals surface area contributed by atoms with Crippen molar-refractivity contribution in [1.82, 2.24) is 5.32 Å². The number of nitrogens with one attached hydrogen (secondary N) is 1. The maximum Gasteiger partial charge on any atom is 0.436 e. The predicted octanol–water partition coefficient (Wildman–Crippen LogP) is 3.24. The monoisotopic (exact) mass is 360 g/mol. The summed E-state index contributed by atoms with van der Waals surface area (Å²) in [5.41, 5.74) is 4.84. The van der Waals surface area contributed by atoms with E-state index in [2.05, 4.69) is 17.1 Å². The van der Waals surface area contributed by atoms with Gasteiger partial charge >= 0.3 is 12.1 Å². The summed E-state index contributed by atoms with van der Waals surface area (Å²) < 4.78 is 0. The highest BCUT2D eigenvalue weighted by atomic mass is 17.2. The number of rotatable bonds is 16. The van der Waals surface area contributed by atoms with Gasteiger partial charge in [0.2, 0.25) is 5.91 Å². The summed E-state index contributed by atoms with van der Waals surface area (Å²) in [4.78, 5) is 41.8. The summed E-state index contributed by atoms with van der Waals surface area (Å²) in [6.07, 6.45) is 8.49. The van der Waals surface area contributed by atoms with Gasteiger partial charge in [-0.1, -0.05) is 58.3 Å². The molecule has 146 valence electrons. The van der Waals surface area contributed by atoms with E-state index in [0.717, 1.165) is 19.3 Å². The van der Waals surface area contributed by atoms with Crippen molar-refractivity contribution in [2.45, 2.75) is 90.2 Å². The highest BCUT2D eigenvalue weighted by Crippen LogP contribution is 2.12. The molecule has 0 spiro atoms. The Morgan fingerprint density at radius 3 is 2.04 bits per heavy atom. The zero-order chi connectivity index (χ0) is 18.9. The average Bonchev–Trinajstić information content (AvgIpc) is 2.56. The molecule has 0 radical (unpaired) electrons. The molecule has 4 N–H and O–H groups in total. The van der Waals surface area contributed by atoms with Crippen LogP contribution in [0.2, 0.25) is 0 Å². The first-order valence-electron chi connectivity index (χ1n) is 9.09. The van der Waals surface area contributed by atoms with Crippen molar-refractivity contribution in [3.05, 3.63) is 0 Å². The van der Waals surface area contributed by atoms with Crippen LogP contribution in [0.25, 0.3) is 0 Å². The van der Waals surface area contributed by atoms with Crippen LogP contribution in [0.4, 0.5) is 4.79 Å². The Morgan fingerprint density at radius 1 is 0.960 bits per heavy atom. The SMILES string of the molecule is CCCCCCCCCCCC(NC(=O)CCC(=O)O)OOC(N)=O. The smallest absolute Gasteiger partial charge is 0.436 e. The molecule has 8 nitrogen and oxygen atoms in total. The van der Waals surface area contributed by atoms with E-state index in [1.165, 1.54) is 38.5 Å². The molecule has 0 aromatic carbocycles. The Bertz CT molecular complexity index is 389. The van der Waals surface area contributed by atoms with Crippen LogP contribution in [-0.2, 0) is 19.4 Å². The second-order valence-corrected chi connectivity index (χ2v) is 6.07. The molecule has 0 rings (SSSR count). The van der Waals surface area contributed by atoms with E-state index in [9.17, 15) is 14.4 Å². The number of hydrogen-bond donors (Lipinski definition) is 3. The molecule has 1 atom stereocenters. The summed E-state index contributed by atoms with van der Waals surface area (Å²) in [6, 6.07) is 0. The molecule has 0 bridgehead atoms. The predicted molar refractivity (Wildman–Crippen MR) is 92.4 cm³/mol. The van der Waals surface area contributed by atoms with Gasteiger partial charge in [0, 0.05) is 6.42 Å². The van der Waals surface area contributed by atoms with Gasteiger partial charge in [-0.15, -0.1) is 0 Å². The van der Waals surface area contributed by atoms with E-state index >= 15 is 0 Å². The van der Waals surface area contributed by atoms with E-state index < -0.39 is 24.2 Å². The van der Waals surface area contributed by atoms with Crippen LogP contribution in [0.5, 0.6) is 0 Å². The fourth-order valence-corrected chi connectivity index (χ4v) is 2.36. The lowest BCUT2D eigenvalue weighted by Crippen LogP contribution is -2.38. The van der Waals surface area contributed by atoms with Crippen molar-refractivity contribution in [2.24, 2.45) is 5.73 Å². The Morgan fingerprint density at radius 2 is 1.52 bits per heavy atom. The number of amides is 2. The van der Waals surface area contributed by atoms with Crippen LogP contribution in [0, 0.1) is 0 Å². The van der Waals surface area contributed by atoms with Crippen LogP contribution in [0.1, 0.15) is 84.0 Å². The molecule has 2 amide bonds. The number of aliphatic carboxylic acids is 1. The van der Waals surface area contributed by atoms with Gasteiger partial charge < -0.3 is 16.2 Å². The second-order valence-electron chi connectivity index (χ2n) is 6.07. The molecule has 8 heteroatoms. The number of unbranched alkanes of at least 4 members (excludes halogenated alkanes) is 8. The number of carboxylic acids is 1. The summed E-state index contributed by atoms with van der Waals surface area (Å²) >= 11 is 0. The van der Waals surface area contributed by atoms with Crippen LogP contribution in [0.3, 0.4) is 0 Å². The quantitative estimate of drug-likeness (QED) is 0.168. The summed E-state index contributed by atoms with van der Waals surface area (Å²) in [7, 11) is 0. The van der Waals surface area contributed by atoms with E-state index in [0.29, 0.717) is 6.42 Å². The first kappa shape index (κ1) is 23.2. The van der Waals surface area contributed by atoms with Crippen molar-refractivity contribution in [2.75, 3.05) is 0 Å². The Kier molecular flexibility index (Phi) is 14.5. The normalized spacial score (nSPS) is 11.7. The van der Waals surface area contributed by atoms with Gasteiger partial charge in [0.05, 0.1) is 6.42 Å². The van der Waals surface area contributed by atoms with Gasteiger partial charge in [0.1, 0.15) is 0 Å². The number of carboxylic acid groups (broad SMARTS) is 1. The minimum absolute atomic E-state index is 0.163. The molecule has 0 aliphatic heterocycles. The molecule has 0 saturated heterocycles. The Labute approximate surface area is 149 Å². The molecule has 0 aliphatic rings. The Balaban J connectivity index is 3.92. The molecule has 0 aromatic heterocycles. The number of hydrogen-bond acceptors (Lipinski definition) is 5. The fraction of sp³-hybridized carbons (Fsp3) is 0.824. The van der Waals surface area contributed by atoms with Crippen LogP contribution < -0.4 is 11.1 Å². The van der Waals surface area contributed by atoms with Gasteiger partial charge in [-0.25, -0.2) is 4.79 Å². The molecule has 1 unspecified atom stereocenters. The number of carbonyl (C=O) groups excluding carboxylic acids is 2. The van der Waals surface area contributed by atoms with Crippen molar-refractivity contribution >= 4 is 18.0 Å². The molecule has 0 fully saturated rings. The third-order valence-corrected chi connectivity index (χ3v) is 3.70. The van der Waals surface area contributed by atoms with Crippen molar-refractivity contribution in [3.63, 3.8) is 0 Å². The van der Waals surface area contributed by atoms with E-state index in [4.69, 9.17) is 15.7 Å². The van der Waals surface area contributed by atoms with Crippen LogP contribution in [0.15, 0.2) is 0 Å². The summed E-state index contributed by atoms with van der Waals surface area (Å²) in [6.45, 7) is 2.20. The lowest BCUT2D eigenvalue weighted by Gasteiger charge is -2.16. The zero-order valence-electron chi connectivity index (χ0n) is 15.1. The minimum Gasteiger partial charge on any atom is -0.481 e. The van der Waals surface area contributed by atoms with Crippen LogP contribution >= 0.6 is 0 Å². The Hall–Kier alpha value is -1.83. The molecule has 25 heavy (non-hydrogen) atoms. The third-order valence-electron chi connectivity index (χ3n) is 3.70. The molecule has 0 heterocycles. The second kappa shape index (κ2) is 15.7. The van der Waals surface area contributed by atoms with Crippen molar-refractivity contribution < 1.29 is 29.3 Å². The molecular weight excluding hydrogens is 328 g/mol. The number of carbonyl (C=O) groups is 3. The van der Waals surface area contributed by atoms with Gasteiger partial charge in [-0.3, -0.25) is 14.5 Å². The average molecular weight is 360 g/mol. The standard InChI is InChI=1S/C17H32N2O6/c1-2-3-4-5-6-7-8-9-10-11-15(24-25-17(18)23)19-14(20)12-13-16(21)22/h15H,2-13H2,1H3,(H2,18,23)(H,19,20)(H,21,22). The minimum atomic E-state index is -1.10. The molecule has 0 saturated carbocycles. The molecular formula is C17H32N2O6. The molecule has 0 aromatic rings. The lowest BCUT2D eigenvalue weighted by molar-refractivity contribution is -0.278. The topological polar surface area (TPSA) is 128 Å². The van der Waals surface area contributed by atoms with Gasteiger partial charge in [-0.2, -0.15) is 4.89 Å². The lowest BCUT2D eigenvalue weighted by atomic mass is 10.1. The molecule has 0 aliphatic carbocycles. The maximum absolute atomic E-state index is 11.6. The zero-order valence-corrected chi connectivity index (χ0v) is 15.1. The third kappa shape index (κ3) is 16.8. The number of primary amides is 1. The van der Waals surface area contributed by atoms with E-state index in [-0.39, 0.29) is 12.8 Å². The first-order chi connectivity index (χ1) is 12.0. The fourth-order valence-electron chi connectivity index (χ4n) is 2.36. The first-order valence-corrected chi connectivity index (χ1v) is 9.09. The summed E-state index contributed by atoms with van der Waals surface area (Å²) in [5.74, 6) is -1.53. The van der Waals surface area contributed by atoms with Gasteiger partial charge in [-0.05, 0) is 12.8 Å². The van der Waals surface area contributed by atoms with Crippen molar-refractivity contribution in [3.8, 4) is 0 Å². The largest absolute Gasteiger partial charge is 0.481 e. The number of nitrogens with two attached hydrogens (primary N) is 1. The van der Waals surface area contributed by atoms with Crippen LogP contribution in [-0.4, -0.2) is 29.3 Å². The van der Waals surface area contributed by atoms with E-state index in [1.807, 2.05) is 0 Å². The summed E-state index contributed by atoms with van der Waals surface area (Å²) in [5, 5.41) is 11.1. The van der Waals surface area contributed by atoms with Gasteiger partial charge in [0.25, 0.3) is 0 Å². The maximum atomic E-state index is 11.6.